The Bertz CT molecular complexity index is 1210. The predicted molar refractivity (Wildman–Crippen MR) is 123 cm³/mol. The van der Waals surface area contributed by atoms with Crippen LogP contribution in [-0.2, 0) is 6.42 Å². The number of amides is 1. The molecule has 0 aliphatic rings. The van der Waals surface area contributed by atoms with E-state index in [2.05, 4.69) is 32.6 Å². The van der Waals surface area contributed by atoms with Crippen LogP contribution in [0.4, 0.5) is 0 Å². The summed E-state index contributed by atoms with van der Waals surface area (Å²) in [7, 11) is 0. The first-order valence-electron chi connectivity index (χ1n) is 10.2. The number of hydrazone groups is 1. The van der Waals surface area contributed by atoms with Crippen molar-refractivity contribution >= 4 is 23.2 Å². The fourth-order valence-corrected chi connectivity index (χ4v) is 3.25. The number of H-pyrrole nitrogens is 1. The average molecular weight is 412 g/mol. The number of nitrogens with zero attached hydrogens (tertiary/aromatic N) is 2. The number of ether oxygens (including phenoxy) is 1. The second kappa shape index (κ2) is 9.26. The molecule has 1 aromatic heterocycles. The fraction of sp³-hybridized carbons (Fsp3) is 0.160. The lowest BCUT2D eigenvalue weighted by Crippen LogP contribution is -2.17. The van der Waals surface area contributed by atoms with Crippen LogP contribution in [0.25, 0.3) is 11.0 Å². The highest BCUT2D eigenvalue weighted by Crippen LogP contribution is 2.16. The van der Waals surface area contributed by atoms with Gasteiger partial charge < -0.3 is 9.72 Å². The van der Waals surface area contributed by atoms with Gasteiger partial charge in [-0.2, -0.15) is 5.10 Å². The van der Waals surface area contributed by atoms with E-state index < -0.39 is 0 Å². The highest BCUT2D eigenvalue weighted by atomic mass is 16.5. The van der Waals surface area contributed by atoms with Crippen molar-refractivity contribution in [2.24, 2.45) is 5.10 Å². The molecule has 6 heteroatoms. The van der Waals surface area contributed by atoms with Crippen molar-refractivity contribution in [3.05, 3.63) is 95.3 Å². The van der Waals surface area contributed by atoms with E-state index in [1.165, 1.54) is 5.56 Å². The maximum absolute atomic E-state index is 12.5. The van der Waals surface area contributed by atoms with Crippen LogP contribution < -0.4 is 10.2 Å². The Balaban J connectivity index is 1.42. The number of nitrogens with one attached hydrogen (secondary N) is 2. The minimum Gasteiger partial charge on any atom is -0.491 e. The molecule has 31 heavy (non-hydrogen) atoms. The maximum atomic E-state index is 12.5. The largest absolute Gasteiger partial charge is 0.491 e. The van der Waals surface area contributed by atoms with Gasteiger partial charge in [-0.05, 0) is 55.3 Å². The molecule has 0 saturated carbocycles. The number of aromatic nitrogens is 2. The van der Waals surface area contributed by atoms with Crippen LogP contribution in [0, 0.1) is 0 Å². The minimum atomic E-state index is -0.285. The number of benzene rings is 3. The molecule has 2 N–H and O–H groups in total. The molecular weight excluding hydrogens is 388 g/mol. The van der Waals surface area contributed by atoms with Crippen molar-refractivity contribution in [1.29, 1.82) is 0 Å². The first-order valence-corrected chi connectivity index (χ1v) is 10.2. The second-order valence-corrected chi connectivity index (χ2v) is 7.52. The number of hydrogen-bond acceptors (Lipinski definition) is 4. The molecule has 156 valence electrons. The Morgan fingerprint density at radius 2 is 1.94 bits per heavy atom. The van der Waals surface area contributed by atoms with Gasteiger partial charge in [-0.1, -0.05) is 42.5 Å². The van der Waals surface area contributed by atoms with Crippen molar-refractivity contribution in [2.45, 2.75) is 26.4 Å². The zero-order chi connectivity index (χ0) is 21.6. The molecule has 1 amide bonds. The summed E-state index contributed by atoms with van der Waals surface area (Å²) in [5.74, 6) is 1.34. The van der Waals surface area contributed by atoms with Gasteiger partial charge in [0.1, 0.15) is 11.6 Å². The Kier molecular flexibility index (Phi) is 6.08. The second-order valence-electron chi connectivity index (χ2n) is 7.52. The van der Waals surface area contributed by atoms with E-state index in [0.717, 1.165) is 28.2 Å². The van der Waals surface area contributed by atoms with Crippen LogP contribution in [0.2, 0.25) is 0 Å². The quantitative estimate of drug-likeness (QED) is 0.341. The summed E-state index contributed by atoms with van der Waals surface area (Å²) in [6.45, 7) is 3.95. The van der Waals surface area contributed by atoms with Crippen LogP contribution in [0.15, 0.2) is 77.9 Å². The smallest absolute Gasteiger partial charge is 0.271 e. The van der Waals surface area contributed by atoms with Crippen molar-refractivity contribution < 1.29 is 9.53 Å². The van der Waals surface area contributed by atoms with Gasteiger partial charge >= 0.3 is 0 Å². The summed E-state index contributed by atoms with van der Waals surface area (Å²) in [6.07, 6.45) is 2.40. The van der Waals surface area contributed by atoms with Crippen LogP contribution in [0.3, 0.4) is 0 Å². The molecule has 0 fully saturated rings. The van der Waals surface area contributed by atoms with Gasteiger partial charge in [0.15, 0.2) is 0 Å². The summed E-state index contributed by atoms with van der Waals surface area (Å²) >= 11 is 0. The average Bonchev–Trinajstić information content (AvgIpc) is 3.15. The normalized spacial score (nSPS) is 11.3. The third kappa shape index (κ3) is 5.36. The molecule has 1 heterocycles. The lowest BCUT2D eigenvalue weighted by atomic mass is 10.1. The van der Waals surface area contributed by atoms with Gasteiger partial charge in [0.05, 0.1) is 23.4 Å². The lowest BCUT2D eigenvalue weighted by Gasteiger charge is -2.09. The number of carbonyl (C=O) groups excluding carboxylic acids is 1. The van der Waals surface area contributed by atoms with E-state index in [9.17, 15) is 4.79 Å². The molecular formula is C25H24N4O2. The van der Waals surface area contributed by atoms with Crippen LogP contribution in [0.5, 0.6) is 5.75 Å². The Morgan fingerprint density at radius 1 is 1.10 bits per heavy atom. The highest BCUT2D eigenvalue weighted by molar-refractivity contribution is 5.97. The fourth-order valence-electron chi connectivity index (χ4n) is 3.25. The molecule has 0 aliphatic heterocycles. The van der Waals surface area contributed by atoms with Gasteiger partial charge in [-0.15, -0.1) is 0 Å². The molecule has 0 bridgehead atoms. The van der Waals surface area contributed by atoms with E-state index in [1.54, 1.807) is 18.3 Å². The van der Waals surface area contributed by atoms with Gasteiger partial charge in [-0.25, -0.2) is 10.4 Å². The minimum absolute atomic E-state index is 0.0949. The van der Waals surface area contributed by atoms with Crippen molar-refractivity contribution in [3.63, 3.8) is 0 Å². The zero-order valence-corrected chi connectivity index (χ0v) is 17.5. The zero-order valence-electron chi connectivity index (χ0n) is 17.5. The summed E-state index contributed by atoms with van der Waals surface area (Å²) in [4.78, 5) is 20.4. The Morgan fingerprint density at radius 3 is 2.74 bits per heavy atom. The lowest BCUT2D eigenvalue weighted by molar-refractivity contribution is 0.0955. The summed E-state index contributed by atoms with van der Waals surface area (Å²) < 4.78 is 5.67. The van der Waals surface area contributed by atoms with Gasteiger partial charge in [0.2, 0.25) is 0 Å². The summed E-state index contributed by atoms with van der Waals surface area (Å²) in [5, 5.41) is 4.07. The molecule has 0 spiro atoms. The van der Waals surface area contributed by atoms with Gasteiger partial charge in [0, 0.05) is 12.0 Å². The Hall–Kier alpha value is -3.93. The monoisotopic (exact) mass is 412 g/mol. The molecule has 0 aliphatic carbocycles. The van der Waals surface area contributed by atoms with Crippen LogP contribution >= 0.6 is 0 Å². The van der Waals surface area contributed by atoms with Crippen LogP contribution in [0.1, 0.15) is 41.2 Å². The van der Waals surface area contributed by atoms with Crippen molar-refractivity contribution in [3.8, 4) is 5.75 Å². The molecule has 0 saturated heterocycles. The first kappa shape index (κ1) is 20.3. The maximum Gasteiger partial charge on any atom is 0.271 e. The van der Waals surface area contributed by atoms with E-state index in [1.807, 2.05) is 62.4 Å². The summed E-state index contributed by atoms with van der Waals surface area (Å²) in [6, 6.07) is 23.1. The molecule has 4 aromatic rings. The first-order chi connectivity index (χ1) is 15.1. The summed E-state index contributed by atoms with van der Waals surface area (Å²) in [5.41, 5.74) is 6.75. The van der Waals surface area contributed by atoms with Gasteiger partial charge in [-0.3, -0.25) is 4.79 Å². The molecule has 3 aromatic carbocycles. The van der Waals surface area contributed by atoms with Crippen LogP contribution in [-0.4, -0.2) is 28.2 Å². The standard InChI is InChI=1S/C25H24N4O2/c1-17(2)31-21-10-6-9-19(13-21)16-26-29-25(30)20-11-12-22-23(15-20)28-24(27-22)14-18-7-4-3-5-8-18/h3-13,15-17H,14H2,1-2H3,(H,27,28)(H,29,30)/b26-16-. The number of aromatic amines is 1. The molecule has 4 rings (SSSR count). The SMILES string of the molecule is CC(C)Oc1cccc(/C=N\NC(=O)c2ccc3nc(Cc4ccccc4)[nH]c3c2)c1. The highest BCUT2D eigenvalue weighted by Gasteiger charge is 2.09. The molecule has 0 atom stereocenters. The van der Waals surface area contributed by atoms with E-state index in [0.29, 0.717) is 12.0 Å². The number of imidazole rings is 1. The van der Waals surface area contributed by atoms with Crippen molar-refractivity contribution in [2.75, 3.05) is 0 Å². The number of hydrogen-bond donors (Lipinski definition) is 2. The van der Waals surface area contributed by atoms with E-state index in [4.69, 9.17) is 4.74 Å². The molecule has 0 radical (unpaired) electrons. The van der Waals surface area contributed by atoms with Gasteiger partial charge in [0.25, 0.3) is 5.91 Å². The topological polar surface area (TPSA) is 79.4 Å². The number of fused-ring (bicyclic) bond motifs is 1. The van der Waals surface area contributed by atoms with Crippen molar-refractivity contribution in [1.82, 2.24) is 15.4 Å². The molecule has 0 unspecified atom stereocenters. The third-order valence-electron chi connectivity index (χ3n) is 4.62. The van der Waals surface area contributed by atoms with E-state index >= 15 is 0 Å². The van der Waals surface area contributed by atoms with E-state index in [-0.39, 0.29) is 12.0 Å². The Labute approximate surface area is 181 Å². The molecule has 6 nitrogen and oxygen atoms in total. The third-order valence-corrected chi connectivity index (χ3v) is 4.62. The number of rotatable bonds is 7. The predicted octanol–water partition coefficient (Wildman–Crippen LogP) is 4.70. The number of carbonyl (C=O) groups is 1.